The Labute approximate surface area is 139 Å². The summed E-state index contributed by atoms with van der Waals surface area (Å²) in [5.74, 6) is 0.496. The first-order valence-corrected chi connectivity index (χ1v) is 8.41. The predicted octanol–water partition coefficient (Wildman–Crippen LogP) is 3.05. The van der Waals surface area contributed by atoms with Gasteiger partial charge in [-0.2, -0.15) is 0 Å². The molecular weight excluding hydrogens is 284 g/mol. The van der Waals surface area contributed by atoms with E-state index >= 15 is 0 Å². The Bertz CT molecular complexity index is 587. The first-order valence-electron chi connectivity index (χ1n) is 8.41. The quantitative estimate of drug-likeness (QED) is 0.891. The summed E-state index contributed by atoms with van der Waals surface area (Å²) >= 11 is 0. The number of nitrogens with zero attached hydrogens (tertiary/aromatic N) is 1. The lowest BCUT2D eigenvalue weighted by atomic mass is 10.0. The first-order chi connectivity index (χ1) is 11.3. The van der Waals surface area contributed by atoms with Crippen LogP contribution in [0.2, 0.25) is 0 Å². The lowest BCUT2D eigenvalue weighted by molar-refractivity contribution is 0.000259. The molecule has 0 radical (unpaired) electrons. The molecule has 3 nitrogen and oxygen atoms in total. The van der Waals surface area contributed by atoms with Crippen LogP contribution in [-0.4, -0.2) is 30.1 Å². The largest absolute Gasteiger partial charge is 0.372 e. The molecule has 122 valence electrons. The summed E-state index contributed by atoms with van der Waals surface area (Å²) in [6.45, 7) is 5.54. The molecule has 0 aromatic heterocycles. The second-order valence-electron chi connectivity index (χ2n) is 6.46. The second-order valence-corrected chi connectivity index (χ2v) is 6.46. The molecule has 1 fully saturated rings. The Morgan fingerprint density at radius 2 is 1.61 bits per heavy atom. The van der Waals surface area contributed by atoms with Gasteiger partial charge in [0.1, 0.15) is 0 Å². The van der Waals surface area contributed by atoms with E-state index in [9.17, 15) is 0 Å². The van der Waals surface area contributed by atoms with E-state index in [4.69, 9.17) is 10.5 Å². The smallest absolute Gasteiger partial charge is 0.0784 e. The first kappa shape index (κ1) is 16.2. The summed E-state index contributed by atoms with van der Waals surface area (Å²) in [4.78, 5) is 2.47. The molecule has 3 atom stereocenters. The van der Waals surface area contributed by atoms with Gasteiger partial charge < -0.3 is 10.5 Å². The van der Waals surface area contributed by atoms with Crippen molar-refractivity contribution < 1.29 is 4.74 Å². The number of likely N-dealkylation sites (tertiary alicyclic amines) is 1. The minimum atomic E-state index is 0.198. The molecule has 3 heteroatoms. The Hall–Kier alpha value is -1.68. The number of ether oxygens (including phenoxy) is 1. The van der Waals surface area contributed by atoms with Crippen LogP contribution in [0.1, 0.15) is 18.1 Å². The van der Waals surface area contributed by atoms with Crippen LogP contribution in [0.5, 0.6) is 0 Å². The molecule has 2 N–H and O–H groups in total. The van der Waals surface area contributed by atoms with Crippen molar-refractivity contribution in [1.82, 2.24) is 4.90 Å². The number of rotatable bonds is 6. The summed E-state index contributed by atoms with van der Waals surface area (Å²) in [5.41, 5.74) is 8.63. The fraction of sp³-hybridized carbons (Fsp3) is 0.400. The van der Waals surface area contributed by atoms with Crippen LogP contribution >= 0.6 is 0 Å². The van der Waals surface area contributed by atoms with Crippen molar-refractivity contribution in [2.24, 2.45) is 11.7 Å². The van der Waals surface area contributed by atoms with E-state index in [1.807, 2.05) is 6.07 Å². The third-order valence-electron chi connectivity index (χ3n) is 4.69. The molecule has 0 aliphatic carbocycles. The molecule has 0 unspecified atom stereocenters. The highest BCUT2D eigenvalue weighted by atomic mass is 16.5. The molecule has 0 amide bonds. The van der Waals surface area contributed by atoms with Gasteiger partial charge >= 0.3 is 0 Å². The van der Waals surface area contributed by atoms with Crippen LogP contribution in [0.3, 0.4) is 0 Å². The maximum atomic E-state index is 6.25. The normalized spacial score (nSPS) is 24.9. The third kappa shape index (κ3) is 3.99. The van der Waals surface area contributed by atoms with Crippen molar-refractivity contribution in [1.29, 1.82) is 0 Å². The van der Waals surface area contributed by atoms with Crippen molar-refractivity contribution >= 4 is 0 Å². The van der Waals surface area contributed by atoms with E-state index in [2.05, 4.69) is 66.4 Å². The molecule has 1 aliphatic rings. The molecule has 0 saturated carbocycles. The Kier molecular flexibility index (Phi) is 5.44. The van der Waals surface area contributed by atoms with Crippen molar-refractivity contribution in [2.45, 2.75) is 32.2 Å². The van der Waals surface area contributed by atoms with E-state index in [-0.39, 0.29) is 12.1 Å². The van der Waals surface area contributed by atoms with Gasteiger partial charge in [0.2, 0.25) is 0 Å². The molecule has 0 spiro atoms. The van der Waals surface area contributed by atoms with E-state index in [0.717, 1.165) is 13.1 Å². The highest BCUT2D eigenvalue weighted by Gasteiger charge is 2.39. The maximum absolute atomic E-state index is 6.25. The molecule has 2 aromatic rings. The molecule has 0 bridgehead atoms. The minimum absolute atomic E-state index is 0.198. The molecule has 1 saturated heterocycles. The summed E-state index contributed by atoms with van der Waals surface area (Å²) in [5, 5.41) is 0. The van der Waals surface area contributed by atoms with Crippen molar-refractivity contribution in [2.75, 3.05) is 13.1 Å². The van der Waals surface area contributed by atoms with Gasteiger partial charge in [0.05, 0.1) is 12.7 Å². The molecular formula is C20H26N2O. The van der Waals surface area contributed by atoms with Gasteiger partial charge in [-0.1, -0.05) is 67.6 Å². The van der Waals surface area contributed by atoms with Crippen LogP contribution in [0.25, 0.3) is 0 Å². The minimum Gasteiger partial charge on any atom is -0.372 e. The van der Waals surface area contributed by atoms with Gasteiger partial charge in [-0.25, -0.2) is 0 Å². The fourth-order valence-corrected chi connectivity index (χ4v) is 3.52. The zero-order valence-electron chi connectivity index (χ0n) is 13.8. The Balaban J connectivity index is 1.64. The van der Waals surface area contributed by atoms with Gasteiger partial charge in [-0.05, 0) is 17.0 Å². The highest BCUT2D eigenvalue weighted by Crippen LogP contribution is 2.28. The Morgan fingerprint density at radius 1 is 1.00 bits per heavy atom. The lowest BCUT2D eigenvalue weighted by Gasteiger charge is -2.27. The van der Waals surface area contributed by atoms with Gasteiger partial charge in [-0.15, -0.1) is 0 Å². The van der Waals surface area contributed by atoms with Gasteiger partial charge in [-0.3, -0.25) is 4.90 Å². The average Bonchev–Trinajstić information content (AvgIpc) is 2.89. The average molecular weight is 310 g/mol. The summed E-state index contributed by atoms with van der Waals surface area (Å²) in [6.07, 6.45) is 0.198. The second kappa shape index (κ2) is 7.73. The fourth-order valence-electron chi connectivity index (χ4n) is 3.52. The molecule has 1 aliphatic heterocycles. The maximum Gasteiger partial charge on any atom is 0.0784 e. The summed E-state index contributed by atoms with van der Waals surface area (Å²) in [7, 11) is 0. The van der Waals surface area contributed by atoms with E-state index in [1.54, 1.807) is 0 Å². The van der Waals surface area contributed by atoms with Gasteiger partial charge in [0, 0.05) is 25.7 Å². The third-order valence-corrected chi connectivity index (χ3v) is 4.69. The van der Waals surface area contributed by atoms with Crippen molar-refractivity contribution in [3.05, 3.63) is 71.8 Å². The topological polar surface area (TPSA) is 38.5 Å². The van der Waals surface area contributed by atoms with Crippen LogP contribution in [-0.2, 0) is 17.9 Å². The van der Waals surface area contributed by atoms with Crippen LogP contribution in [0.15, 0.2) is 60.7 Å². The van der Waals surface area contributed by atoms with E-state index in [0.29, 0.717) is 19.1 Å². The predicted molar refractivity (Wildman–Crippen MR) is 93.9 cm³/mol. The lowest BCUT2D eigenvalue weighted by Crippen LogP contribution is -2.42. The molecule has 1 heterocycles. The van der Waals surface area contributed by atoms with E-state index in [1.165, 1.54) is 11.1 Å². The van der Waals surface area contributed by atoms with E-state index < -0.39 is 0 Å². The zero-order chi connectivity index (χ0) is 16.1. The standard InChI is InChI=1S/C20H26N2O/c1-16-13-22(14-17-8-4-2-5-9-17)19(12-21)20(16)23-15-18-10-6-3-7-11-18/h2-11,16,19-20H,12-15,21H2,1H3/t16-,19-,20+/m1/s1. The monoisotopic (exact) mass is 310 g/mol. The van der Waals surface area contributed by atoms with Crippen LogP contribution < -0.4 is 5.73 Å². The summed E-state index contributed by atoms with van der Waals surface area (Å²) in [6, 6.07) is 21.2. The number of nitrogens with two attached hydrogens (primary N) is 1. The van der Waals surface area contributed by atoms with Gasteiger partial charge in [0.25, 0.3) is 0 Å². The van der Waals surface area contributed by atoms with Gasteiger partial charge in [0.15, 0.2) is 0 Å². The molecule has 3 rings (SSSR count). The van der Waals surface area contributed by atoms with Crippen molar-refractivity contribution in [3.63, 3.8) is 0 Å². The van der Waals surface area contributed by atoms with Crippen LogP contribution in [0, 0.1) is 5.92 Å². The van der Waals surface area contributed by atoms with Crippen molar-refractivity contribution in [3.8, 4) is 0 Å². The van der Waals surface area contributed by atoms with Crippen LogP contribution in [0.4, 0.5) is 0 Å². The number of benzene rings is 2. The SMILES string of the molecule is C[C@@H]1CN(Cc2ccccc2)[C@H](CN)[C@H]1OCc1ccccc1. The molecule has 23 heavy (non-hydrogen) atoms. The number of hydrogen-bond donors (Lipinski definition) is 1. The Morgan fingerprint density at radius 3 is 2.22 bits per heavy atom. The zero-order valence-corrected chi connectivity index (χ0v) is 13.8. The number of hydrogen-bond acceptors (Lipinski definition) is 3. The highest BCUT2D eigenvalue weighted by molar-refractivity contribution is 5.16. The summed E-state index contributed by atoms with van der Waals surface area (Å²) < 4.78 is 6.25. The molecule has 2 aromatic carbocycles.